The van der Waals surface area contributed by atoms with Crippen molar-refractivity contribution < 1.29 is 23.8 Å². The zero-order chi connectivity index (χ0) is 18.8. The minimum absolute atomic E-state index is 0.145. The summed E-state index contributed by atoms with van der Waals surface area (Å²) in [7, 11) is 0. The highest BCUT2D eigenvalue weighted by Gasteiger charge is 2.23. The highest BCUT2D eigenvalue weighted by Crippen LogP contribution is 2.26. The smallest absolute Gasteiger partial charge is 0.312 e. The maximum Gasteiger partial charge on any atom is 0.312 e. The largest absolute Gasteiger partial charge is 0.481 e. The predicted octanol–water partition coefficient (Wildman–Crippen LogP) is 4.12. The second kappa shape index (κ2) is 7.01. The molecule has 2 aromatic rings. The number of hydrogen-bond acceptors (Lipinski definition) is 4. The van der Waals surface area contributed by atoms with E-state index in [0.717, 1.165) is 0 Å². The number of pyridine rings is 1. The highest BCUT2D eigenvalue weighted by atomic mass is 19.1. The van der Waals surface area contributed by atoms with Gasteiger partial charge in [0.15, 0.2) is 5.82 Å². The Morgan fingerprint density at radius 3 is 2.52 bits per heavy atom. The normalized spacial score (nSPS) is 13.2. The molecule has 2 rings (SSSR count). The quantitative estimate of drug-likeness (QED) is 0.825. The van der Waals surface area contributed by atoms with Crippen LogP contribution in [-0.4, -0.2) is 22.0 Å². The average molecular weight is 345 g/mol. The van der Waals surface area contributed by atoms with Crippen molar-refractivity contribution in [3.63, 3.8) is 0 Å². The fraction of sp³-hybridized carbons (Fsp3) is 0.316. The molecule has 0 radical (unpaired) electrons. The van der Waals surface area contributed by atoms with Gasteiger partial charge in [-0.25, -0.2) is 9.37 Å². The molecule has 1 atom stereocenters. The third-order valence-corrected chi connectivity index (χ3v) is 3.84. The fourth-order valence-corrected chi connectivity index (χ4v) is 2.22. The van der Waals surface area contributed by atoms with Crippen LogP contribution in [0, 0.1) is 11.2 Å². The summed E-state index contributed by atoms with van der Waals surface area (Å²) < 4.78 is 19.9. The van der Waals surface area contributed by atoms with Crippen molar-refractivity contribution in [3.05, 3.63) is 47.4 Å². The van der Waals surface area contributed by atoms with E-state index in [1.165, 1.54) is 32.9 Å². The number of esters is 1. The predicted molar refractivity (Wildman–Crippen MR) is 92.3 cm³/mol. The van der Waals surface area contributed by atoms with Crippen LogP contribution in [0.1, 0.15) is 45.1 Å². The van der Waals surface area contributed by atoms with Gasteiger partial charge in [-0.2, -0.15) is 0 Å². The Bertz CT molecular complexity index is 858. The first-order valence-corrected chi connectivity index (χ1v) is 7.81. The third kappa shape index (κ3) is 4.21. The lowest BCUT2D eigenvalue weighted by Crippen LogP contribution is -2.20. The molecular weight excluding hydrogens is 325 g/mol. The van der Waals surface area contributed by atoms with Gasteiger partial charge < -0.3 is 9.84 Å². The lowest BCUT2D eigenvalue weighted by molar-refractivity contribution is -0.146. The Morgan fingerprint density at radius 2 is 1.92 bits per heavy atom. The van der Waals surface area contributed by atoms with Gasteiger partial charge in [-0.05, 0) is 26.8 Å². The number of nitrogens with zero attached hydrogens (tertiary/aromatic N) is 1. The van der Waals surface area contributed by atoms with Crippen molar-refractivity contribution in [2.75, 3.05) is 0 Å². The second-order valence-corrected chi connectivity index (χ2v) is 6.39. The molecule has 0 spiro atoms. The van der Waals surface area contributed by atoms with Crippen molar-refractivity contribution >= 4 is 28.9 Å². The number of aliphatic carboxylic acids is 1. The minimum Gasteiger partial charge on any atom is -0.481 e. The Morgan fingerprint density at radius 1 is 1.28 bits per heavy atom. The molecule has 1 aromatic carbocycles. The lowest BCUT2D eigenvalue weighted by atomic mass is 9.92. The van der Waals surface area contributed by atoms with E-state index in [9.17, 15) is 14.0 Å². The maximum atomic E-state index is 14.8. The van der Waals surface area contributed by atoms with E-state index in [4.69, 9.17) is 9.84 Å². The van der Waals surface area contributed by atoms with Crippen LogP contribution in [0.15, 0.2) is 30.3 Å². The van der Waals surface area contributed by atoms with Crippen molar-refractivity contribution in [2.24, 2.45) is 5.41 Å². The molecule has 0 amide bonds. The first kappa shape index (κ1) is 18.6. The number of fused-ring (bicyclic) bond motifs is 1. The monoisotopic (exact) mass is 345 g/mol. The molecule has 1 heterocycles. The maximum absolute atomic E-state index is 14.8. The van der Waals surface area contributed by atoms with Crippen LogP contribution in [0.3, 0.4) is 0 Å². The van der Waals surface area contributed by atoms with Crippen molar-refractivity contribution in [1.29, 1.82) is 0 Å². The average Bonchev–Trinajstić information content (AvgIpc) is 2.53. The van der Waals surface area contributed by atoms with E-state index in [1.54, 1.807) is 31.2 Å². The van der Waals surface area contributed by atoms with Crippen LogP contribution in [-0.2, 0) is 14.3 Å². The van der Waals surface area contributed by atoms with Crippen LogP contribution in [0.5, 0.6) is 0 Å². The molecule has 1 aromatic heterocycles. The zero-order valence-corrected chi connectivity index (χ0v) is 14.5. The number of carbonyl (C=O) groups is 2. The summed E-state index contributed by atoms with van der Waals surface area (Å²) in [4.78, 5) is 26.5. The van der Waals surface area contributed by atoms with Crippen molar-refractivity contribution in [2.45, 2.75) is 33.8 Å². The second-order valence-electron chi connectivity index (χ2n) is 6.39. The van der Waals surface area contributed by atoms with Gasteiger partial charge in [-0.15, -0.1) is 0 Å². The SMILES string of the molecule is CC(=O)O[C@H](C)c1ccc2ccc(/C=C/C(C)(C)C(=O)O)c(F)c2n1. The molecule has 0 saturated heterocycles. The van der Waals surface area contributed by atoms with Crippen LogP contribution in [0.4, 0.5) is 4.39 Å². The first-order chi connectivity index (χ1) is 11.6. The summed E-state index contributed by atoms with van der Waals surface area (Å²) >= 11 is 0. The van der Waals surface area contributed by atoms with Gasteiger partial charge in [0.2, 0.25) is 0 Å². The molecule has 0 unspecified atom stereocenters. The molecule has 25 heavy (non-hydrogen) atoms. The fourth-order valence-electron chi connectivity index (χ4n) is 2.22. The van der Waals surface area contributed by atoms with Crippen LogP contribution < -0.4 is 0 Å². The summed E-state index contributed by atoms with van der Waals surface area (Å²) in [5.74, 6) is -1.99. The molecular formula is C19H20FNO4. The molecule has 0 aliphatic rings. The Hall–Kier alpha value is -2.76. The number of hydrogen-bond donors (Lipinski definition) is 1. The van der Waals surface area contributed by atoms with Crippen molar-refractivity contribution in [3.8, 4) is 0 Å². The summed E-state index contributed by atoms with van der Waals surface area (Å²) in [5, 5.41) is 9.73. The molecule has 0 bridgehead atoms. The standard InChI is InChI=1S/C19H20FNO4/c1-11(25-12(2)22)15-8-7-14-6-5-13(16(20)17(14)21-15)9-10-19(3,4)18(23)24/h5-11H,1-4H3,(H,23,24)/b10-9+/t11-/m1/s1. The molecule has 132 valence electrons. The molecule has 1 N–H and O–H groups in total. The van der Waals surface area contributed by atoms with Gasteiger partial charge >= 0.3 is 11.9 Å². The van der Waals surface area contributed by atoms with E-state index in [-0.39, 0.29) is 11.1 Å². The summed E-state index contributed by atoms with van der Waals surface area (Å²) in [6.45, 7) is 6.02. The number of carboxylic acids is 1. The molecule has 5 nitrogen and oxygen atoms in total. The van der Waals surface area contributed by atoms with Crippen LogP contribution in [0.25, 0.3) is 17.0 Å². The Labute approximate surface area is 145 Å². The summed E-state index contributed by atoms with van der Waals surface area (Å²) in [6, 6.07) is 6.66. The third-order valence-electron chi connectivity index (χ3n) is 3.84. The number of rotatable bonds is 5. The number of benzene rings is 1. The van der Waals surface area contributed by atoms with E-state index in [2.05, 4.69) is 4.98 Å². The number of halogens is 1. The zero-order valence-electron chi connectivity index (χ0n) is 14.5. The summed E-state index contributed by atoms with van der Waals surface area (Å²) in [6.07, 6.45) is 2.28. The number of ether oxygens (including phenoxy) is 1. The first-order valence-electron chi connectivity index (χ1n) is 7.81. The molecule has 0 aliphatic heterocycles. The highest BCUT2D eigenvalue weighted by molar-refractivity contribution is 5.83. The van der Waals surface area contributed by atoms with Crippen LogP contribution in [0.2, 0.25) is 0 Å². The van der Waals surface area contributed by atoms with Gasteiger partial charge in [0, 0.05) is 17.9 Å². The van der Waals surface area contributed by atoms with Gasteiger partial charge in [0.1, 0.15) is 11.6 Å². The Kier molecular flexibility index (Phi) is 5.21. The van der Waals surface area contributed by atoms with E-state index in [0.29, 0.717) is 11.1 Å². The Balaban J connectivity index is 2.45. The molecule has 6 heteroatoms. The number of carbonyl (C=O) groups excluding carboxylic acids is 1. The van der Waals surface area contributed by atoms with Gasteiger partial charge in [0.25, 0.3) is 0 Å². The van der Waals surface area contributed by atoms with E-state index in [1.807, 2.05) is 0 Å². The minimum atomic E-state index is -1.11. The van der Waals surface area contributed by atoms with Gasteiger partial charge in [0.05, 0.1) is 11.1 Å². The van der Waals surface area contributed by atoms with Crippen molar-refractivity contribution in [1.82, 2.24) is 4.98 Å². The van der Waals surface area contributed by atoms with Crippen LogP contribution >= 0.6 is 0 Å². The van der Waals surface area contributed by atoms with E-state index < -0.39 is 29.3 Å². The lowest BCUT2D eigenvalue weighted by Gasteiger charge is -2.14. The van der Waals surface area contributed by atoms with Gasteiger partial charge in [-0.3, -0.25) is 9.59 Å². The number of carboxylic acid groups (broad SMARTS) is 1. The van der Waals surface area contributed by atoms with E-state index >= 15 is 0 Å². The van der Waals surface area contributed by atoms with Gasteiger partial charge in [-0.1, -0.05) is 30.4 Å². The topological polar surface area (TPSA) is 76.5 Å². The summed E-state index contributed by atoms with van der Waals surface area (Å²) in [5.41, 5.74) is -0.285. The molecule has 0 aliphatic carbocycles. The molecule has 0 saturated carbocycles. The number of aromatic nitrogens is 1. The molecule has 0 fully saturated rings.